The van der Waals surface area contributed by atoms with E-state index in [9.17, 15) is 4.79 Å². The van der Waals surface area contributed by atoms with Crippen LogP contribution in [-0.4, -0.2) is 29.3 Å². The van der Waals surface area contributed by atoms with E-state index in [1.165, 1.54) is 18.4 Å². The number of rotatable bonds is 3. The molecule has 1 N–H and O–H groups in total. The Kier molecular flexibility index (Phi) is 5.62. The Hall–Kier alpha value is -1.62. The summed E-state index contributed by atoms with van der Waals surface area (Å²) in [5, 5.41) is 3.49. The van der Waals surface area contributed by atoms with Gasteiger partial charge in [-0.25, -0.2) is 9.78 Å². The molecule has 1 aromatic heterocycles. The Labute approximate surface area is 151 Å². The van der Waals surface area contributed by atoms with Crippen LogP contribution in [0.2, 0.25) is 0 Å². The summed E-state index contributed by atoms with van der Waals surface area (Å²) < 4.78 is 5.67. The number of amides is 1. The van der Waals surface area contributed by atoms with Gasteiger partial charge in [-0.15, -0.1) is 0 Å². The van der Waals surface area contributed by atoms with Crippen LogP contribution < -0.4 is 10.2 Å². The molecule has 0 aromatic carbocycles. The van der Waals surface area contributed by atoms with Gasteiger partial charge in [-0.05, 0) is 64.6 Å². The van der Waals surface area contributed by atoms with Gasteiger partial charge < -0.3 is 10.1 Å². The highest BCUT2D eigenvalue weighted by Gasteiger charge is 2.31. The summed E-state index contributed by atoms with van der Waals surface area (Å²) in [5.41, 5.74) is 0.701. The molecule has 1 saturated carbocycles. The monoisotopic (exact) mass is 345 g/mol. The molecule has 2 aliphatic rings. The molecule has 25 heavy (non-hydrogen) atoms. The number of anilines is 1. The number of nitrogens with zero attached hydrogens (tertiary/aromatic N) is 2. The van der Waals surface area contributed by atoms with Gasteiger partial charge in [-0.1, -0.05) is 25.3 Å². The van der Waals surface area contributed by atoms with Gasteiger partial charge in [-0.2, -0.15) is 0 Å². The van der Waals surface area contributed by atoms with Gasteiger partial charge in [0, 0.05) is 18.3 Å². The van der Waals surface area contributed by atoms with Gasteiger partial charge >= 0.3 is 6.09 Å². The Morgan fingerprint density at radius 3 is 2.48 bits per heavy atom. The van der Waals surface area contributed by atoms with Crippen molar-refractivity contribution in [2.45, 2.75) is 83.4 Å². The van der Waals surface area contributed by atoms with Crippen LogP contribution in [0.25, 0.3) is 0 Å². The number of carbonyl (C=O) groups is 1. The SMILES string of the molecule is CC(C)(C)OC(=O)N(c1ccc([C@H]2CCCN2)cn1)C1CCCCC1. The Morgan fingerprint density at radius 1 is 1.16 bits per heavy atom. The van der Waals surface area contributed by atoms with Crippen LogP contribution in [0.15, 0.2) is 18.3 Å². The molecule has 0 radical (unpaired) electrons. The van der Waals surface area contributed by atoms with Gasteiger partial charge in [-0.3, -0.25) is 4.90 Å². The van der Waals surface area contributed by atoms with Crippen LogP contribution in [0.5, 0.6) is 0 Å². The molecule has 138 valence electrons. The predicted molar refractivity (Wildman–Crippen MR) is 99.8 cm³/mol. The lowest BCUT2D eigenvalue weighted by atomic mass is 9.94. The second-order valence-corrected chi connectivity index (χ2v) is 8.24. The topological polar surface area (TPSA) is 54.5 Å². The van der Waals surface area contributed by atoms with Crippen molar-refractivity contribution in [1.29, 1.82) is 0 Å². The number of hydrogen-bond acceptors (Lipinski definition) is 4. The van der Waals surface area contributed by atoms with E-state index in [0.29, 0.717) is 11.9 Å². The fraction of sp³-hybridized carbons (Fsp3) is 0.700. The van der Waals surface area contributed by atoms with Crippen molar-refractivity contribution in [3.63, 3.8) is 0 Å². The minimum atomic E-state index is -0.502. The third kappa shape index (κ3) is 4.72. The van der Waals surface area contributed by atoms with E-state index in [4.69, 9.17) is 4.74 Å². The van der Waals surface area contributed by atoms with Gasteiger partial charge in [0.25, 0.3) is 0 Å². The summed E-state index contributed by atoms with van der Waals surface area (Å²) in [6.07, 6.45) is 9.61. The average molecular weight is 345 g/mol. The Morgan fingerprint density at radius 2 is 1.92 bits per heavy atom. The fourth-order valence-electron chi connectivity index (χ4n) is 3.80. The highest BCUT2D eigenvalue weighted by atomic mass is 16.6. The zero-order valence-electron chi connectivity index (χ0n) is 15.8. The maximum atomic E-state index is 12.9. The van der Waals surface area contributed by atoms with Crippen LogP contribution >= 0.6 is 0 Å². The number of aromatic nitrogens is 1. The summed E-state index contributed by atoms with van der Waals surface area (Å²) in [6.45, 7) is 6.79. The van der Waals surface area contributed by atoms with Gasteiger partial charge in [0.2, 0.25) is 0 Å². The van der Waals surface area contributed by atoms with Crippen LogP contribution in [0.4, 0.5) is 10.6 Å². The van der Waals surface area contributed by atoms with E-state index in [1.54, 1.807) is 4.90 Å². The molecule has 5 nitrogen and oxygen atoms in total. The van der Waals surface area contributed by atoms with Crippen molar-refractivity contribution in [1.82, 2.24) is 10.3 Å². The molecule has 3 rings (SSSR count). The molecule has 2 heterocycles. The molecule has 1 aliphatic heterocycles. The normalized spacial score (nSPS) is 22.0. The largest absolute Gasteiger partial charge is 0.443 e. The van der Waals surface area contributed by atoms with Crippen molar-refractivity contribution in [3.05, 3.63) is 23.9 Å². The molecule has 1 saturated heterocycles. The summed E-state index contributed by atoms with van der Waals surface area (Å²) in [5.74, 6) is 0.711. The van der Waals surface area contributed by atoms with Crippen molar-refractivity contribution in [2.75, 3.05) is 11.4 Å². The molecule has 5 heteroatoms. The summed E-state index contributed by atoms with van der Waals surface area (Å²) in [4.78, 5) is 19.3. The lowest BCUT2D eigenvalue weighted by Gasteiger charge is -2.35. The van der Waals surface area contributed by atoms with Gasteiger partial charge in [0.1, 0.15) is 11.4 Å². The zero-order chi connectivity index (χ0) is 17.9. The Balaban J connectivity index is 1.81. The molecule has 1 amide bonds. The molecular formula is C20H31N3O2. The third-order valence-corrected chi connectivity index (χ3v) is 5.01. The number of carbonyl (C=O) groups excluding carboxylic acids is 1. The second kappa shape index (κ2) is 7.73. The first-order valence-corrected chi connectivity index (χ1v) is 9.65. The van der Waals surface area contributed by atoms with E-state index in [-0.39, 0.29) is 12.1 Å². The van der Waals surface area contributed by atoms with Crippen LogP contribution in [0, 0.1) is 0 Å². The van der Waals surface area contributed by atoms with Crippen molar-refractivity contribution < 1.29 is 9.53 Å². The highest BCUT2D eigenvalue weighted by Crippen LogP contribution is 2.29. The molecule has 0 bridgehead atoms. The zero-order valence-corrected chi connectivity index (χ0v) is 15.8. The maximum Gasteiger partial charge on any atom is 0.416 e. The molecular weight excluding hydrogens is 314 g/mol. The highest BCUT2D eigenvalue weighted by molar-refractivity contribution is 5.87. The minimum Gasteiger partial charge on any atom is -0.443 e. The number of nitrogens with one attached hydrogen (secondary N) is 1. The van der Waals surface area contributed by atoms with E-state index in [1.807, 2.05) is 33.0 Å². The van der Waals surface area contributed by atoms with Gasteiger partial charge in [0.05, 0.1) is 0 Å². The lowest BCUT2D eigenvalue weighted by molar-refractivity contribution is 0.0556. The first kappa shape index (κ1) is 18.2. The van der Waals surface area contributed by atoms with Crippen molar-refractivity contribution in [3.8, 4) is 0 Å². The molecule has 2 fully saturated rings. The first-order valence-electron chi connectivity index (χ1n) is 9.65. The van der Waals surface area contributed by atoms with Crippen molar-refractivity contribution >= 4 is 11.9 Å². The fourth-order valence-corrected chi connectivity index (χ4v) is 3.80. The molecule has 0 unspecified atom stereocenters. The third-order valence-electron chi connectivity index (χ3n) is 5.01. The smallest absolute Gasteiger partial charge is 0.416 e. The summed E-state index contributed by atoms with van der Waals surface area (Å²) in [7, 11) is 0. The van der Waals surface area contributed by atoms with Gasteiger partial charge in [0.15, 0.2) is 0 Å². The quantitative estimate of drug-likeness (QED) is 0.871. The van der Waals surface area contributed by atoms with Crippen LogP contribution in [0.1, 0.15) is 77.3 Å². The predicted octanol–water partition coefficient (Wildman–Crippen LogP) is 4.58. The van der Waals surface area contributed by atoms with E-state index >= 15 is 0 Å². The molecule has 1 atom stereocenters. The standard InChI is InChI=1S/C20H31N3O2/c1-20(2,3)25-19(24)23(16-8-5-4-6-9-16)18-12-11-15(14-22-18)17-10-7-13-21-17/h11-12,14,16-17,21H,4-10,13H2,1-3H3/t17-/m1/s1. The minimum absolute atomic E-state index is 0.187. The molecule has 0 spiro atoms. The second-order valence-electron chi connectivity index (χ2n) is 8.24. The summed E-state index contributed by atoms with van der Waals surface area (Å²) in [6, 6.07) is 4.66. The summed E-state index contributed by atoms with van der Waals surface area (Å²) >= 11 is 0. The Bertz CT molecular complexity index is 568. The van der Waals surface area contributed by atoms with Crippen molar-refractivity contribution in [2.24, 2.45) is 0 Å². The number of hydrogen-bond donors (Lipinski definition) is 1. The number of ether oxygens (including phenoxy) is 1. The maximum absolute atomic E-state index is 12.9. The van der Waals surface area contributed by atoms with Crippen LogP contribution in [0.3, 0.4) is 0 Å². The molecule has 1 aliphatic carbocycles. The first-order chi connectivity index (χ1) is 11.9. The van der Waals surface area contributed by atoms with E-state index < -0.39 is 5.60 Å². The van der Waals surface area contributed by atoms with E-state index in [0.717, 1.165) is 38.6 Å². The van der Waals surface area contributed by atoms with Crippen LogP contribution in [-0.2, 0) is 4.74 Å². The lowest BCUT2D eigenvalue weighted by Crippen LogP contribution is -2.45. The number of pyridine rings is 1. The average Bonchev–Trinajstić information content (AvgIpc) is 3.09. The van der Waals surface area contributed by atoms with E-state index in [2.05, 4.69) is 16.4 Å². The molecule has 1 aromatic rings.